The summed E-state index contributed by atoms with van der Waals surface area (Å²) in [5, 5.41) is 0. The molecule has 96 valence electrons. The summed E-state index contributed by atoms with van der Waals surface area (Å²) in [5.74, 6) is 7.37. The van der Waals surface area contributed by atoms with E-state index in [4.69, 9.17) is 4.42 Å². The highest BCUT2D eigenvalue weighted by atomic mass is 16.3. The van der Waals surface area contributed by atoms with Crippen molar-refractivity contribution in [3.05, 3.63) is 95.9 Å². The quantitative estimate of drug-likeness (QED) is 0.618. The van der Waals surface area contributed by atoms with Gasteiger partial charge in [-0.3, -0.25) is 0 Å². The van der Waals surface area contributed by atoms with E-state index < -0.39 is 0 Å². The fraction of sp³-hybridized carbons (Fsp3) is 0.0526. The number of hydrogen-bond acceptors (Lipinski definition) is 1. The lowest BCUT2D eigenvalue weighted by atomic mass is 9.97. The molecule has 0 fully saturated rings. The molecule has 1 nitrogen and oxygen atoms in total. The van der Waals surface area contributed by atoms with Gasteiger partial charge in [-0.05, 0) is 29.8 Å². The third kappa shape index (κ3) is 2.81. The summed E-state index contributed by atoms with van der Waals surface area (Å²) in [6, 6.07) is 24.1. The van der Waals surface area contributed by atoms with E-state index in [0.29, 0.717) is 0 Å². The zero-order valence-corrected chi connectivity index (χ0v) is 11.0. The van der Waals surface area contributed by atoms with Crippen molar-refractivity contribution in [3.8, 4) is 11.8 Å². The zero-order valence-electron chi connectivity index (χ0n) is 11.0. The van der Waals surface area contributed by atoms with Crippen LogP contribution in [0.3, 0.4) is 0 Å². The fourth-order valence-corrected chi connectivity index (χ4v) is 2.10. The van der Waals surface area contributed by atoms with Crippen molar-refractivity contribution in [1.29, 1.82) is 0 Å². The Labute approximate surface area is 118 Å². The largest absolute Gasteiger partial charge is 0.468 e. The predicted molar refractivity (Wildman–Crippen MR) is 80.3 cm³/mol. The van der Waals surface area contributed by atoms with Crippen LogP contribution in [0.4, 0.5) is 0 Å². The first-order valence-corrected chi connectivity index (χ1v) is 6.58. The van der Waals surface area contributed by atoms with E-state index in [-0.39, 0.29) is 5.92 Å². The van der Waals surface area contributed by atoms with Crippen molar-refractivity contribution >= 4 is 0 Å². The maximum absolute atomic E-state index is 5.54. The molecule has 3 aromatic rings. The minimum absolute atomic E-state index is 0.0357. The second-order valence-electron chi connectivity index (χ2n) is 4.49. The second-order valence-corrected chi connectivity index (χ2v) is 4.49. The molecule has 0 amide bonds. The molecule has 0 bridgehead atoms. The first-order chi connectivity index (χ1) is 9.93. The maximum atomic E-state index is 5.54. The lowest BCUT2D eigenvalue weighted by Gasteiger charge is -2.07. The molecule has 0 spiro atoms. The van der Waals surface area contributed by atoms with Gasteiger partial charge in [-0.15, -0.1) is 0 Å². The summed E-state index contributed by atoms with van der Waals surface area (Å²) in [6.45, 7) is 0. The lowest BCUT2D eigenvalue weighted by molar-refractivity contribution is 0.510. The average molecular weight is 258 g/mol. The molecule has 1 unspecified atom stereocenters. The maximum Gasteiger partial charge on any atom is 0.123 e. The molecule has 1 atom stereocenters. The molecule has 0 aliphatic carbocycles. The highest BCUT2D eigenvalue weighted by Crippen LogP contribution is 2.24. The molecule has 0 radical (unpaired) electrons. The van der Waals surface area contributed by atoms with Gasteiger partial charge in [-0.25, -0.2) is 0 Å². The van der Waals surface area contributed by atoms with E-state index in [1.54, 1.807) is 6.26 Å². The summed E-state index contributed by atoms with van der Waals surface area (Å²) in [5.41, 5.74) is 2.16. The number of benzene rings is 2. The Balaban J connectivity index is 1.98. The molecule has 1 aromatic heterocycles. The standard InChI is InChI=1S/C19H14O/c1-3-8-16(9-4-1)13-14-18(19-12-7-15-20-19)17-10-5-2-6-11-17/h1-12,15,18H. The zero-order chi connectivity index (χ0) is 13.6. The van der Waals surface area contributed by atoms with Crippen LogP contribution in [0.5, 0.6) is 0 Å². The van der Waals surface area contributed by atoms with Gasteiger partial charge in [-0.2, -0.15) is 0 Å². The van der Waals surface area contributed by atoms with Gasteiger partial charge in [0, 0.05) is 5.56 Å². The summed E-state index contributed by atoms with van der Waals surface area (Å²) in [6.07, 6.45) is 1.69. The molecule has 20 heavy (non-hydrogen) atoms. The number of hydrogen-bond donors (Lipinski definition) is 0. The average Bonchev–Trinajstić information content (AvgIpc) is 3.04. The van der Waals surface area contributed by atoms with Crippen molar-refractivity contribution in [2.24, 2.45) is 0 Å². The van der Waals surface area contributed by atoms with Crippen LogP contribution >= 0.6 is 0 Å². The topological polar surface area (TPSA) is 13.1 Å². The van der Waals surface area contributed by atoms with Crippen LogP contribution in [0, 0.1) is 11.8 Å². The number of furan rings is 1. The highest BCUT2D eigenvalue weighted by molar-refractivity contribution is 5.41. The van der Waals surface area contributed by atoms with Crippen LogP contribution in [0.25, 0.3) is 0 Å². The van der Waals surface area contributed by atoms with Gasteiger partial charge in [-0.1, -0.05) is 60.4 Å². The van der Waals surface area contributed by atoms with E-state index in [9.17, 15) is 0 Å². The Morgan fingerprint density at radius 1 is 0.750 bits per heavy atom. The van der Waals surface area contributed by atoms with Crippen LogP contribution in [0.2, 0.25) is 0 Å². The molecule has 1 heterocycles. The van der Waals surface area contributed by atoms with Gasteiger partial charge in [0.05, 0.1) is 6.26 Å². The molecule has 0 aliphatic heterocycles. The van der Waals surface area contributed by atoms with E-state index in [2.05, 4.69) is 24.0 Å². The summed E-state index contributed by atoms with van der Waals surface area (Å²) < 4.78 is 5.54. The minimum Gasteiger partial charge on any atom is -0.468 e. The molecule has 0 N–H and O–H groups in total. The van der Waals surface area contributed by atoms with Crippen LogP contribution in [0.15, 0.2) is 83.5 Å². The molecule has 0 saturated carbocycles. The first kappa shape index (κ1) is 12.3. The Morgan fingerprint density at radius 2 is 1.45 bits per heavy atom. The monoisotopic (exact) mass is 258 g/mol. The molecular weight excluding hydrogens is 244 g/mol. The smallest absolute Gasteiger partial charge is 0.123 e. The van der Waals surface area contributed by atoms with Crippen molar-refractivity contribution in [1.82, 2.24) is 0 Å². The summed E-state index contributed by atoms with van der Waals surface area (Å²) in [4.78, 5) is 0. The predicted octanol–water partition coefficient (Wildman–Crippen LogP) is 4.46. The van der Waals surface area contributed by atoms with Gasteiger partial charge in [0.15, 0.2) is 0 Å². The van der Waals surface area contributed by atoms with Gasteiger partial charge < -0.3 is 4.42 Å². The molecule has 2 aromatic carbocycles. The normalized spacial score (nSPS) is 11.4. The van der Waals surface area contributed by atoms with Crippen LogP contribution in [-0.2, 0) is 0 Å². The Hall–Kier alpha value is -2.72. The van der Waals surface area contributed by atoms with E-state index in [0.717, 1.165) is 16.9 Å². The van der Waals surface area contributed by atoms with E-state index in [1.807, 2.05) is 60.7 Å². The highest BCUT2D eigenvalue weighted by Gasteiger charge is 2.13. The van der Waals surface area contributed by atoms with Gasteiger partial charge in [0.2, 0.25) is 0 Å². The number of rotatable bonds is 2. The van der Waals surface area contributed by atoms with Gasteiger partial charge in [0.1, 0.15) is 11.7 Å². The van der Waals surface area contributed by atoms with Crippen molar-refractivity contribution in [2.45, 2.75) is 5.92 Å². The van der Waals surface area contributed by atoms with Gasteiger partial charge >= 0.3 is 0 Å². The lowest BCUT2D eigenvalue weighted by Crippen LogP contribution is -1.96. The SMILES string of the molecule is C(#CC(c1ccccc1)c1ccco1)c1ccccc1. The van der Waals surface area contributed by atoms with Crippen molar-refractivity contribution in [3.63, 3.8) is 0 Å². The Morgan fingerprint density at radius 3 is 2.10 bits per heavy atom. The molecule has 0 saturated heterocycles. The fourth-order valence-electron chi connectivity index (χ4n) is 2.10. The minimum atomic E-state index is -0.0357. The molecule has 1 heteroatoms. The Kier molecular flexibility index (Phi) is 3.66. The molecule has 3 rings (SSSR count). The third-order valence-electron chi connectivity index (χ3n) is 3.10. The molecular formula is C19H14O. The van der Waals surface area contributed by atoms with E-state index >= 15 is 0 Å². The summed E-state index contributed by atoms with van der Waals surface area (Å²) in [7, 11) is 0. The Bertz CT molecular complexity index is 701. The van der Waals surface area contributed by atoms with Crippen molar-refractivity contribution < 1.29 is 4.42 Å². The van der Waals surface area contributed by atoms with Crippen LogP contribution < -0.4 is 0 Å². The molecule has 0 aliphatic rings. The second kappa shape index (κ2) is 5.95. The first-order valence-electron chi connectivity index (χ1n) is 6.58. The van der Waals surface area contributed by atoms with Crippen molar-refractivity contribution in [2.75, 3.05) is 0 Å². The van der Waals surface area contributed by atoms with E-state index in [1.165, 1.54) is 0 Å². The summed E-state index contributed by atoms with van der Waals surface area (Å²) >= 11 is 0. The van der Waals surface area contributed by atoms with Crippen LogP contribution in [-0.4, -0.2) is 0 Å². The third-order valence-corrected chi connectivity index (χ3v) is 3.10. The van der Waals surface area contributed by atoms with Crippen LogP contribution in [0.1, 0.15) is 22.8 Å². The van der Waals surface area contributed by atoms with Gasteiger partial charge in [0.25, 0.3) is 0 Å².